The molecule has 11 heteroatoms. The van der Waals surface area contributed by atoms with Crippen LogP contribution in [0.2, 0.25) is 0 Å². The first-order valence-electron chi connectivity index (χ1n) is 7.53. The van der Waals surface area contributed by atoms with Gasteiger partial charge in [-0.3, -0.25) is 0 Å². The second-order valence-electron chi connectivity index (χ2n) is 5.23. The number of nitriles is 1. The summed E-state index contributed by atoms with van der Waals surface area (Å²) >= 11 is 0. The molecule has 3 rings (SSSR count). The summed E-state index contributed by atoms with van der Waals surface area (Å²) in [6.07, 6.45) is 1.44. The van der Waals surface area contributed by atoms with Crippen LogP contribution in [0, 0.1) is 11.3 Å². The second-order valence-corrected chi connectivity index (χ2v) is 7.17. The molecular weight excluding hydrogens is 344 g/mol. The number of H-pyrrole nitrogens is 1. The van der Waals surface area contributed by atoms with Crippen LogP contribution in [-0.4, -0.2) is 59.5 Å². The molecule has 2 heterocycles. The summed E-state index contributed by atoms with van der Waals surface area (Å²) in [5, 5.41) is 28.3. The van der Waals surface area contributed by atoms with E-state index in [9.17, 15) is 8.42 Å². The Labute approximate surface area is 144 Å². The molecule has 1 fully saturated rings. The van der Waals surface area contributed by atoms with E-state index in [-0.39, 0.29) is 16.3 Å². The van der Waals surface area contributed by atoms with Crippen molar-refractivity contribution in [1.82, 2.24) is 30.2 Å². The molecule has 130 valence electrons. The zero-order chi connectivity index (χ0) is 17.7. The van der Waals surface area contributed by atoms with E-state index in [0.717, 1.165) is 0 Å². The Kier molecular flexibility index (Phi) is 5.03. The van der Waals surface area contributed by atoms with Crippen molar-refractivity contribution in [2.45, 2.75) is 4.90 Å². The number of allylic oxidation sites excluding steroid dienone is 1. The molecule has 1 aromatic carbocycles. The van der Waals surface area contributed by atoms with Gasteiger partial charge in [0.25, 0.3) is 0 Å². The number of nitrogens with one attached hydrogen (secondary N) is 3. The van der Waals surface area contributed by atoms with Crippen molar-refractivity contribution in [3.05, 3.63) is 36.3 Å². The summed E-state index contributed by atoms with van der Waals surface area (Å²) < 4.78 is 26.6. The molecule has 3 N–H and O–H groups in total. The summed E-state index contributed by atoms with van der Waals surface area (Å²) in [6, 6.07) is 8.30. The van der Waals surface area contributed by atoms with Gasteiger partial charge in [0.15, 0.2) is 0 Å². The molecule has 0 aliphatic carbocycles. The first kappa shape index (κ1) is 17.0. The van der Waals surface area contributed by atoms with Crippen LogP contribution >= 0.6 is 0 Å². The average molecular weight is 360 g/mol. The monoisotopic (exact) mass is 360 g/mol. The number of rotatable bonds is 5. The Morgan fingerprint density at radius 1 is 1.28 bits per heavy atom. The van der Waals surface area contributed by atoms with E-state index in [0.29, 0.717) is 31.9 Å². The molecule has 0 amide bonds. The van der Waals surface area contributed by atoms with Gasteiger partial charge in [-0.1, -0.05) is 0 Å². The van der Waals surface area contributed by atoms with Gasteiger partial charge in [-0.15, -0.1) is 10.2 Å². The fourth-order valence-electron chi connectivity index (χ4n) is 2.34. The number of tetrazole rings is 1. The molecule has 0 unspecified atom stereocenters. The molecule has 25 heavy (non-hydrogen) atoms. The maximum absolute atomic E-state index is 12.6. The molecule has 0 atom stereocenters. The van der Waals surface area contributed by atoms with Crippen molar-refractivity contribution >= 4 is 21.3 Å². The van der Waals surface area contributed by atoms with Gasteiger partial charge in [0.2, 0.25) is 15.8 Å². The van der Waals surface area contributed by atoms with E-state index >= 15 is 0 Å². The zero-order valence-electron chi connectivity index (χ0n) is 13.2. The van der Waals surface area contributed by atoms with E-state index in [1.54, 1.807) is 12.1 Å². The quantitative estimate of drug-likeness (QED) is 0.621. The number of aromatic nitrogens is 4. The summed E-state index contributed by atoms with van der Waals surface area (Å²) in [7, 11) is -3.48. The van der Waals surface area contributed by atoms with Gasteiger partial charge in [0.05, 0.1) is 4.90 Å². The van der Waals surface area contributed by atoms with Crippen molar-refractivity contribution in [3.8, 4) is 6.07 Å². The van der Waals surface area contributed by atoms with Gasteiger partial charge in [-0.05, 0) is 29.5 Å². The predicted octanol–water partition coefficient (Wildman–Crippen LogP) is -0.230. The molecule has 0 bridgehead atoms. The van der Waals surface area contributed by atoms with Crippen LogP contribution in [0.5, 0.6) is 0 Å². The zero-order valence-corrected chi connectivity index (χ0v) is 14.0. The molecule has 0 spiro atoms. The molecule has 1 aliphatic heterocycles. The summed E-state index contributed by atoms with van der Waals surface area (Å²) in [5.74, 6) is 0.174. The number of nitrogens with zero attached hydrogens (tertiary/aromatic N) is 5. The topological polar surface area (TPSA) is 140 Å². The first-order chi connectivity index (χ1) is 12.1. The molecule has 0 saturated carbocycles. The summed E-state index contributed by atoms with van der Waals surface area (Å²) in [4.78, 5) is 0.239. The maximum Gasteiger partial charge on any atom is 0.243 e. The highest BCUT2D eigenvalue weighted by Crippen LogP contribution is 2.19. The second kappa shape index (κ2) is 7.39. The Balaban J connectivity index is 1.73. The van der Waals surface area contributed by atoms with Crippen LogP contribution < -0.4 is 10.6 Å². The van der Waals surface area contributed by atoms with E-state index in [1.165, 1.54) is 22.6 Å². The standard InChI is InChI=1S/C14H16N8O2S/c15-9-11(14-18-20-21-19-14)10-17-12-1-3-13(4-2-12)25(23,24)22-7-5-16-6-8-22/h1-4,10,16-17H,5-8H2,(H,18,19,20,21). The molecule has 0 radical (unpaired) electrons. The fraction of sp³-hybridized carbons (Fsp3) is 0.286. The maximum atomic E-state index is 12.6. The highest BCUT2D eigenvalue weighted by molar-refractivity contribution is 7.89. The largest absolute Gasteiger partial charge is 0.360 e. The van der Waals surface area contributed by atoms with Crippen LogP contribution in [-0.2, 0) is 10.0 Å². The molecular formula is C14H16N8O2S. The lowest BCUT2D eigenvalue weighted by molar-refractivity contribution is 0.360. The number of aromatic amines is 1. The molecule has 1 aliphatic rings. The Morgan fingerprint density at radius 2 is 2.00 bits per heavy atom. The number of piperazine rings is 1. The smallest absolute Gasteiger partial charge is 0.243 e. The number of benzene rings is 1. The normalized spacial score (nSPS) is 16.4. The minimum atomic E-state index is -3.48. The summed E-state index contributed by atoms with van der Waals surface area (Å²) in [6.45, 7) is 2.22. The summed E-state index contributed by atoms with van der Waals surface area (Å²) in [5.41, 5.74) is 0.835. The van der Waals surface area contributed by atoms with Gasteiger partial charge in [0.1, 0.15) is 11.6 Å². The highest BCUT2D eigenvalue weighted by atomic mass is 32.2. The van der Waals surface area contributed by atoms with E-state index < -0.39 is 10.0 Å². The average Bonchev–Trinajstić information content (AvgIpc) is 3.18. The molecule has 10 nitrogen and oxygen atoms in total. The van der Waals surface area contributed by atoms with Gasteiger partial charge in [-0.25, -0.2) is 8.42 Å². The number of hydrogen-bond donors (Lipinski definition) is 3. The predicted molar refractivity (Wildman–Crippen MR) is 89.5 cm³/mol. The van der Waals surface area contributed by atoms with E-state index in [1.807, 2.05) is 6.07 Å². The number of sulfonamides is 1. The molecule has 1 saturated heterocycles. The molecule has 1 aromatic heterocycles. The SMILES string of the molecule is N#CC(=CNc1ccc(S(=O)(=O)N2CCNCC2)cc1)c1nn[nH]n1. The lowest BCUT2D eigenvalue weighted by atomic mass is 10.3. The minimum Gasteiger partial charge on any atom is -0.360 e. The third-order valence-electron chi connectivity index (χ3n) is 3.66. The third-order valence-corrected chi connectivity index (χ3v) is 5.57. The van der Waals surface area contributed by atoms with Crippen LogP contribution in [0.1, 0.15) is 5.82 Å². The Hall–Kier alpha value is -2.81. The van der Waals surface area contributed by atoms with Crippen molar-refractivity contribution in [2.75, 3.05) is 31.5 Å². The van der Waals surface area contributed by atoms with Crippen molar-refractivity contribution in [2.24, 2.45) is 0 Å². The van der Waals surface area contributed by atoms with Gasteiger partial charge >= 0.3 is 0 Å². The minimum absolute atomic E-state index is 0.174. The first-order valence-corrected chi connectivity index (χ1v) is 8.97. The van der Waals surface area contributed by atoms with Crippen LogP contribution in [0.15, 0.2) is 35.4 Å². The van der Waals surface area contributed by atoms with Gasteiger partial charge < -0.3 is 10.6 Å². The number of hydrogen-bond acceptors (Lipinski definition) is 8. The van der Waals surface area contributed by atoms with E-state index in [4.69, 9.17) is 5.26 Å². The highest BCUT2D eigenvalue weighted by Gasteiger charge is 2.25. The third kappa shape index (κ3) is 3.82. The van der Waals surface area contributed by atoms with Gasteiger partial charge in [0, 0.05) is 38.1 Å². The lowest BCUT2D eigenvalue weighted by Crippen LogP contribution is -2.46. The van der Waals surface area contributed by atoms with Crippen LogP contribution in [0.25, 0.3) is 5.57 Å². The van der Waals surface area contributed by atoms with Crippen molar-refractivity contribution in [3.63, 3.8) is 0 Å². The van der Waals surface area contributed by atoms with E-state index in [2.05, 4.69) is 31.3 Å². The Morgan fingerprint density at radius 3 is 2.60 bits per heavy atom. The Bertz CT molecular complexity index is 878. The number of anilines is 1. The van der Waals surface area contributed by atoms with Crippen molar-refractivity contribution in [1.29, 1.82) is 5.26 Å². The van der Waals surface area contributed by atoms with Crippen LogP contribution in [0.4, 0.5) is 5.69 Å². The lowest BCUT2D eigenvalue weighted by Gasteiger charge is -2.26. The van der Waals surface area contributed by atoms with Crippen LogP contribution in [0.3, 0.4) is 0 Å². The van der Waals surface area contributed by atoms with Crippen molar-refractivity contribution < 1.29 is 8.42 Å². The van der Waals surface area contributed by atoms with Gasteiger partial charge in [-0.2, -0.15) is 14.8 Å². The molecule has 2 aromatic rings. The fourth-order valence-corrected chi connectivity index (χ4v) is 3.78.